The van der Waals surface area contributed by atoms with E-state index >= 15 is 0 Å². The quantitative estimate of drug-likeness (QED) is 0.308. The van der Waals surface area contributed by atoms with Crippen molar-refractivity contribution in [2.45, 2.75) is 39.5 Å². The first-order valence-corrected chi connectivity index (χ1v) is 10.2. The van der Waals surface area contributed by atoms with Crippen molar-refractivity contribution in [3.8, 4) is 17.1 Å². The zero-order valence-electron chi connectivity index (χ0n) is 17.8. The third kappa shape index (κ3) is 6.07. The van der Waals surface area contributed by atoms with Gasteiger partial charge in [0.15, 0.2) is 5.96 Å². The smallest absolute Gasteiger partial charge is 0.226 e. The molecule has 0 aliphatic heterocycles. The molecule has 30 heavy (non-hydrogen) atoms. The minimum Gasteiger partial charge on any atom is -0.497 e. The zero-order chi connectivity index (χ0) is 21.3. The molecule has 7 heteroatoms. The van der Waals surface area contributed by atoms with Gasteiger partial charge >= 0.3 is 0 Å². The SMILES string of the molecule is COc1ccc(-c2noc(CCCCCN=C(N)Nc3ccc(C)c(C)c3)n2)cc1. The van der Waals surface area contributed by atoms with Gasteiger partial charge in [0.05, 0.1) is 7.11 Å². The largest absolute Gasteiger partial charge is 0.497 e. The van der Waals surface area contributed by atoms with Gasteiger partial charge in [0.25, 0.3) is 0 Å². The molecule has 0 amide bonds. The molecule has 0 aliphatic carbocycles. The summed E-state index contributed by atoms with van der Waals surface area (Å²) < 4.78 is 10.5. The highest BCUT2D eigenvalue weighted by atomic mass is 16.5. The van der Waals surface area contributed by atoms with Crippen LogP contribution in [0.3, 0.4) is 0 Å². The van der Waals surface area contributed by atoms with E-state index in [-0.39, 0.29) is 0 Å². The van der Waals surface area contributed by atoms with Crippen LogP contribution in [0.25, 0.3) is 11.4 Å². The summed E-state index contributed by atoms with van der Waals surface area (Å²) >= 11 is 0. The summed E-state index contributed by atoms with van der Waals surface area (Å²) in [5, 5.41) is 7.20. The maximum Gasteiger partial charge on any atom is 0.226 e. The van der Waals surface area contributed by atoms with Crippen molar-refractivity contribution in [1.82, 2.24) is 10.1 Å². The van der Waals surface area contributed by atoms with Gasteiger partial charge in [-0.05, 0) is 74.2 Å². The van der Waals surface area contributed by atoms with Crippen LogP contribution < -0.4 is 15.8 Å². The Morgan fingerprint density at radius 3 is 2.60 bits per heavy atom. The number of methoxy groups -OCH3 is 1. The zero-order valence-corrected chi connectivity index (χ0v) is 17.8. The number of aryl methyl sites for hydroxylation is 3. The minimum absolute atomic E-state index is 0.444. The molecule has 7 nitrogen and oxygen atoms in total. The highest BCUT2D eigenvalue weighted by Crippen LogP contribution is 2.20. The van der Waals surface area contributed by atoms with Crippen molar-refractivity contribution >= 4 is 11.6 Å². The fourth-order valence-corrected chi connectivity index (χ4v) is 2.98. The number of ether oxygens (including phenoxy) is 1. The lowest BCUT2D eigenvalue weighted by molar-refractivity contribution is 0.374. The molecule has 3 rings (SSSR count). The van der Waals surface area contributed by atoms with E-state index in [1.807, 2.05) is 30.3 Å². The summed E-state index contributed by atoms with van der Waals surface area (Å²) in [5.41, 5.74) is 10.3. The average molecular weight is 408 g/mol. The maximum atomic E-state index is 5.97. The molecule has 0 saturated carbocycles. The average Bonchev–Trinajstić information content (AvgIpc) is 3.22. The number of benzene rings is 2. The first-order chi connectivity index (χ1) is 14.5. The molecule has 0 fully saturated rings. The lowest BCUT2D eigenvalue weighted by atomic mass is 10.1. The molecule has 3 aromatic rings. The van der Waals surface area contributed by atoms with Gasteiger partial charge in [-0.25, -0.2) is 0 Å². The summed E-state index contributed by atoms with van der Waals surface area (Å²) in [7, 11) is 1.64. The van der Waals surface area contributed by atoms with Gasteiger partial charge in [0.2, 0.25) is 11.7 Å². The van der Waals surface area contributed by atoms with E-state index in [9.17, 15) is 0 Å². The lowest BCUT2D eigenvalue weighted by Crippen LogP contribution is -2.22. The fraction of sp³-hybridized carbons (Fsp3) is 0.348. The minimum atomic E-state index is 0.444. The van der Waals surface area contributed by atoms with Gasteiger partial charge in [-0.15, -0.1) is 0 Å². The van der Waals surface area contributed by atoms with E-state index in [1.54, 1.807) is 7.11 Å². The van der Waals surface area contributed by atoms with Crippen molar-refractivity contribution in [1.29, 1.82) is 0 Å². The predicted molar refractivity (Wildman–Crippen MR) is 120 cm³/mol. The van der Waals surface area contributed by atoms with Crippen LogP contribution in [-0.2, 0) is 6.42 Å². The Morgan fingerprint density at radius 2 is 1.87 bits per heavy atom. The number of nitrogens with one attached hydrogen (secondary N) is 1. The van der Waals surface area contributed by atoms with Crippen LogP contribution in [0.4, 0.5) is 5.69 Å². The molecule has 158 valence electrons. The van der Waals surface area contributed by atoms with Crippen molar-refractivity contribution < 1.29 is 9.26 Å². The Morgan fingerprint density at radius 1 is 1.07 bits per heavy atom. The molecule has 0 bridgehead atoms. The van der Waals surface area contributed by atoms with Crippen LogP contribution >= 0.6 is 0 Å². The summed E-state index contributed by atoms with van der Waals surface area (Å²) in [6, 6.07) is 13.8. The number of nitrogens with zero attached hydrogens (tertiary/aromatic N) is 3. The van der Waals surface area contributed by atoms with Crippen LogP contribution in [0.2, 0.25) is 0 Å². The molecule has 0 radical (unpaired) electrons. The number of unbranched alkanes of at least 4 members (excludes halogenated alkanes) is 2. The van der Waals surface area contributed by atoms with E-state index in [1.165, 1.54) is 11.1 Å². The van der Waals surface area contributed by atoms with E-state index in [0.717, 1.165) is 42.7 Å². The van der Waals surface area contributed by atoms with E-state index in [2.05, 4.69) is 46.4 Å². The first-order valence-electron chi connectivity index (χ1n) is 10.2. The lowest BCUT2D eigenvalue weighted by Gasteiger charge is -2.08. The van der Waals surface area contributed by atoms with Gasteiger partial charge in [-0.3, -0.25) is 4.99 Å². The summed E-state index contributed by atoms with van der Waals surface area (Å²) in [4.78, 5) is 8.86. The Bertz CT molecular complexity index is 980. The van der Waals surface area contributed by atoms with Gasteiger partial charge < -0.3 is 20.3 Å². The summed E-state index contributed by atoms with van der Waals surface area (Å²) in [5.74, 6) is 2.50. The van der Waals surface area contributed by atoms with Crippen LogP contribution in [0.1, 0.15) is 36.3 Å². The molecule has 1 aromatic heterocycles. The number of nitrogens with two attached hydrogens (primary N) is 1. The fourth-order valence-electron chi connectivity index (χ4n) is 2.98. The maximum absolute atomic E-state index is 5.97. The Kier molecular flexibility index (Phi) is 7.43. The van der Waals surface area contributed by atoms with Gasteiger partial charge in [0.1, 0.15) is 5.75 Å². The number of anilines is 1. The van der Waals surface area contributed by atoms with Crippen molar-refractivity contribution in [2.24, 2.45) is 10.7 Å². The number of aliphatic imine (C=N–C) groups is 1. The van der Waals surface area contributed by atoms with E-state index in [4.69, 9.17) is 15.0 Å². The van der Waals surface area contributed by atoms with Crippen LogP contribution in [0.15, 0.2) is 52.0 Å². The molecule has 1 heterocycles. The number of hydrogen-bond acceptors (Lipinski definition) is 5. The van der Waals surface area contributed by atoms with Crippen LogP contribution in [0.5, 0.6) is 5.75 Å². The predicted octanol–water partition coefficient (Wildman–Crippen LogP) is 4.50. The van der Waals surface area contributed by atoms with Crippen LogP contribution in [-0.4, -0.2) is 29.8 Å². The Balaban J connectivity index is 1.37. The first kappa shape index (κ1) is 21.4. The molecular weight excluding hydrogens is 378 g/mol. The molecule has 0 unspecified atom stereocenters. The highest BCUT2D eigenvalue weighted by Gasteiger charge is 2.08. The summed E-state index contributed by atoms with van der Waals surface area (Å²) in [6.07, 6.45) is 3.68. The molecule has 0 spiro atoms. The second-order valence-electron chi connectivity index (χ2n) is 7.24. The number of guanidine groups is 1. The second-order valence-corrected chi connectivity index (χ2v) is 7.24. The topological polar surface area (TPSA) is 98.6 Å². The van der Waals surface area contributed by atoms with Gasteiger partial charge in [-0.1, -0.05) is 17.6 Å². The van der Waals surface area contributed by atoms with Gasteiger partial charge in [-0.2, -0.15) is 4.98 Å². The molecule has 0 aliphatic rings. The standard InChI is InChI=1S/C23H29N5O2/c1-16-8-11-19(15-17(16)2)26-23(24)25-14-6-4-5-7-21-27-22(28-30-21)18-9-12-20(29-3)13-10-18/h8-13,15H,4-7,14H2,1-3H3,(H3,24,25,26). The molecular formula is C23H29N5O2. The Hall–Kier alpha value is -3.35. The monoisotopic (exact) mass is 407 g/mol. The van der Waals surface area contributed by atoms with Gasteiger partial charge in [0, 0.05) is 24.2 Å². The molecule has 2 aromatic carbocycles. The third-order valence-electron chi connectivity index (χ3n) is 4.93. The van der Waals surface area contributed by atoms with Crippen molar-refractivity contribution in [3.05, 3.63) is 59.5 Å². The van der Waals surface area contributed by atoms with Crippen molar-refractivity contribution in [2.75, 3.05) is 19.0 Å². The normalized spacial score (nSPS) is 11.5. The van der Waals surface area contributed by atoms with E-state index < -0.39 is 0 Å². The number of rotatable bonds is 9. The number of aromatic nitrogens is 2. The second kappa shape index (κ2) is 10.4. The number of hydrogen-bond donors (Lipinski definition) is 2. The highest BCUT2D eigenvalue weighted by molar-refractivity contribution is 5.92. The third-order valence-corrected chi connectivity index (χ3v) is 4.93. The molecule has 0 saturated heterocycles. The summed E-state index contributed by atoms with van der Waals surface area (Å²) in [6.45, 7) is 4.85. The van der Waals surface area contributed by atoms with Crippen molar-refractivity contribution in [3.63, 3.8) is 0 Å². The Labute approximate surface area is 177 Å². The molecule has 0 atom stereocenters. The molecule has 3 N–H and O–H groups in total. The van der Waals surface area contributed by atoms with E-state index in [0.29, 0.717) is 24.2 Å². The van der Waals surface area contributed by atoms with Crippen LogP contribution in [0, 0.1) is 13.8 Å².